The maximum absolute atomic E-state index is 11.7. The lowest BCUT2D eigenvalue weighted by atomic mass is 9.79. The number of carbonyl (C=O) groups excluding carboxylic acids is 3. The number of allylic oxidation sites excluding steroid dienone is 2. The van der Waals surface area contributed by atoms with Gasteiger partial charge in [-0.3, -0.25) is 20.2 Å². The van der Waals surface area contributed by atoms with Crippen LogP contribution >= 0.6 is 0 Å². The standard InChI is InChI=1S/C12H16N2O3/c1-2-7-4-3-5-8(6-7)9-10(15)13-12(17)14-11(9)16/h6,8-9H,2-5H2,1H3,(H2,13,14,15,16,17). The molecule has 2 rings (SSSR count). The van der Waals surface area contributed by atoms with Crippen LogP contribution < -0.4 is 10.6 Å². The smallest absolute Gasteiger partial charge is 0.277 e. The maximum atomic E-state index is 11.7. The Kier molecular flexibility index (Phi) is 3.26. The molecule has 4 amide bonds. The zero-order chi connectivity index (χ0) is 12.4. The summed E-state index contributed by atoms with van der Waals surface area (Å²) in [5.74, 6) is -1.78. The third kappa shape index (κ3) is 2.38. The molecule has 1 aliphatic carbocycles. The number of nitrogens with one attached hydrogen (secondary N) is 2. The van der Waals surface area contributed by atoms with Gasteiger partial charge < -0.3 is 0 Å². The monoisotopic (exact) mass is 236 g/mol. The Morgan fingerprint density at radius 1 is 1.24 bits per heavy atom. The van der Waals surface area contributed by atoms with Crippen LogP contribution in [0.1, 0.15) is 32.6 Å². The SMILES string of the molecule is CCC1=CC(C2C(=O)NC(=O)NC2=O)CCC1. The van der Waals surface area contributed by atoms with Crippen molar-refractivity contribution in [2.75, 3.05) is 0 Å². The molecule has 5 nitrogen and oxygen atoms in total. The fourth-order valence-corrected chi connectivity index (χ4v) is 2.51. The van der Waals surface area contributed by atoms with Gasteiger partial charge in [0.1, 0.15) is 5.92 Å². The summed E-state index contributed by atoms with van der Waals surface area (Å²) in [7, 11) is 0. The van der Waals surface area contributed by atoms with Gasteiger partial charge in [-0.15, -0.1) is 0 Å². The van der Waals surface area contributed by atoms with E-state index in [9.17, 15) is 14.4 Å². The second-order valence-corrected chi connectivity index (χ2v) is 4.52. The minimum Gasteiger partial charge on any atom is -0.277 e. The van der Waals surface area contributed by atoms with E-state index in [1.807, 2.05) is 6.08 Å². The van der Waals surface area contributed by atoms with E-state index in [-0.39, 0.29) is 5.92 Å². The maximum Gasteiger partial charge on any atom is 0.328 e. The van der Waals surface area contributed by atoms with Crippen molar-refractivity contribution in [3.63, 3.8) is 0 Å². The molecule has 92 valence electrons. The van der Waals surface area contributed by atoms with Crippen LogP contribution in [0.3, 0.4) is 0 Å². The first-order valence-electron chi connectivity index (χ1n) is 5.97. The van der Waals surface area contributed by atoms with Crippen molar-refractivity contribution in [2.45, 2.75) is 32.6 Å². The number of hydrogen-bond acceptors (Lipinski definition) is 3. The zero-order valence-corrected chi connectivity index (χ0v) is 9.79. The topological polar surface area (TPSA) is 75.3 Å². The van der Waals surface area contributed by atoms with Crippen molar-refractivity contribution in [1.82, 2.24) is 10.6 Å². The van der Waals surface area contributed by atoms with Crippen molar-refractivity contribution in [3.8, 4) is 0 Å². The number of barbiturate groups is 1. The third-order valence-electron chi connectivity index (χ3n) is 3.41. The van der Waals surface area contributed by atoms with Gasteiger partial charge in [0.05, 0.1) is 0 Å². The molecule has 1 heterocycles. The highest BCUT2D eigenvalue weighted by atomic mass is 16.2. The summed E-state index contributed by atoms with van der Waals surface area (Å²) in [5.41, 5.74) is 1.29. The lowest BCUT2D eigenvalue weighted by Gasteiger charge is -2.29. The number of hydrogen-bond donors (Lipinski definition) is 2. The zero-order valence-electron chi connectivity index (χ0n) is 9.79. The van der Waals surface area contributed by atoms with Crippen LogP contribution in [0.25, 0.3) is 0 Å². The molecule has 1 fully saturated rings. The van der Waals surface area contributed by atoms with Crippen molar-refractivity contribution in [3.05, 3.63) is 11.6 Å². The van der Waals surface area contributed by atoms with Crippen molar-refractivity contribution in [2.24, 2.45) is 11.8 Å². The van der Waals surface area contributed by atoms with Crippen LogP contribution in [0.5, 0.6) is 0 Å². The molecule has 1 atom stereocenters. The molecule has 1 saturated heterocycles. The molecule has 5 heteroatoms. The van der Waals surface area contributed by atoms with Crippen LogP contribution in [-0.2, 0) is 9.59 Å². The largest absolute Gasteiger partial charge is 0.328 e. The number of rotatable bonds is 2. The predicted molar refractivity (Wildman–Crippen MR) is 60.9 cm³/mol. The Bertz CT molecular complexity index is 381. The molecular weight excluding hydrogens is 220 g/mol. The normalized spacial score (nSPS) is 26.3. The van der Waals surface area contributed by atoms with E-state index < -0.39 is 23.8 Å². The second-order valence-electron chi connectivity index (χ2n) is 4.52. The summed E-state index contributed by atoms with van der Waals surface area (Å²) in [6.45, 7) is 2.07. The number of urea groups is 1. The van der Waals surface area contributed by atoms with E-state index >= 15 is 0 Å². The first kappa shape index (κ1) is 11.8. The van der Waals surface area contributed by atoms with Gasteiger partial charge in [-0.05, 0) is 31.6 Å². The molecule has 0 aromatic rings. The van der Waals surface area contributed by atoms with E-state index in [2.05, 4.69) is 17.6 Å². The van der Waals surface area contributed by atoms with Crippen LogP contribution in [0.15, 0.2) is 11.6 Å². The summed E-state index contributed by atoms with van der Waals surface area (Å²) in [4.78, 5) is 34.3. The lowest BCUT2D eigenvalue weighted by Crippen LogP contribution is -2.57. The first-order valence-corrected chi connectivity index (χ1v) is 5.97. The van der Waals surface area contributed by atoms with Gasteiger partial charge in [0.15, 0.2) is 0 Å². The van der Waals surface area contributed by atoms with Crippen LogP contribution in [0, 0.1) is 11.8 Å². The average Bonchev–Trinajstić information content (AvgIpc) is 2.28. The molecule has 1 aliphatic heterocycles. The van der Waals surface area contributed by atoms with Crippen LogP contribution in [0.4, 0.5) is 4.79 Å². The highest BCUT2D eigenvalue weighted by Crippen LogP contribution is 2.30. The average molecular weight is 236 g/mol. The molecule has 0 aromatic carbocycles. The van der Waals surface area contributed by atoms with Crippen molar-refractivity contribution >= 4 is 17.8 Å². The van der Waals surface area contributed by atoms with Gasteiger partial charge in [-0.1, -0.05) is 18.6 Å². The van der Waals surface area contributed by atoms with Gasteiger partial charge in [0, 0.05) is 0 Å². The summed E-state index contributed by atoms with van der Waals surface area (Å²) >= 11 is 0. The molecule has 0 radical (unpaired) electrons. The molecule has 0 bridgehead atoms. The second kappa shape index (κ2) is 4.69. The van der Waals surface area contributed by atoms with Gasteiger partial charge in [0.2, 0.25) is 11.8 Å². The Hall–Kier alpha value is -1.65. The summed E-state index contributed by atoms with van der Waals surface area (Å²) < 4.78 is 0. The minimum atomic E-state index is -0.755. The van der Waals surface area contributed by atoms with Crippen molar-refractivity contribution in [1.29, 1.82) is 0 Å². The molecule has 0 saturated carbocycles. The van der Waals surface area contributed by atoms with E-state index in [0.717, 1.165) is 25.7 Å². The lowest BCUT2D eigenvalue weighted by molar-refractivity contribution is -0.137. The highest BCUT2D eigenvalue weighted by Gasteiger charge is 2.39. The summed E-state index contributed by atoms with van der Waals surface area (Å²) in [6, 6.07) is -0.716. The molecule has 0 aromatic heterocycles. The summed E-state index contributed by atoms with van der Waals surface area (Å²) in [6.07, 6.45) is 5.84. The Morgan fingerprint density at radius 2 is 1.88 bits per heavy atom. The van der Waals surface area contributed by atoms with Gasteiger partial charge in [-0.25, -0.2) is 4.79 Å². The van der Waals surface area contributed by atoms with E-state index in [1.54, 1.807) is 0 Å². The Balaban J connectivity index is 2.18. The molecule has 2 N–H and O–H groups in total. The number of amides is 4. The number of carbonyl (C=O) groups is 3. The van der Waals surface area contributed by atoms with E-state index in [0.29, 0.717) is 0 Å². The minimum absolute atomic E-state index is 0.0770. The van der Waals surface area contributed by atoms with Gasteiger partial charge >= 0.3 is 6.03 Å². The summed E-state index contributed by atoms with van der Waals surface area (Å²) in [5, 5.41) is 4.30. The molecule has 2 aliphatic rings. The Labute approximate surface area is 99.6 Å². The fourth-order valence-electron chi connectivity index (χ4n) is 2.51. The van der Waals surface area contributed by atoms with Crippen LogP contribution in [0.2, 0.25) is 0 Å². The highest BCUT2D eigenvalue weighted by molar-refractivity contribution is 6.16. The molecule has 0 spiro atoms. The van der Waals surface area contributed by atoms with Gasteiger partial charge in [0.25, 0.3) is 0 Å². The Morgan fingerprint density at radius 3 is 2.47 bits per heavy atom. The third-order valence-corrected chi connectivity index (χ3v) is 3.41. The van der Waals surface area contributed by atoms with Crippen molar-refractivity contribution < 1.29 is 14.4 Å². The first-order chi connectivity index (χ1) is 8.11. The number of imide groups is 2. The van der Waals surface area contributed by atoms with E-state index in [1.165, 1.54) is 5.57 Å². The molecule has 1 unspecified atom stereocenters. The molecular formula is C12H16N2O3. The fraction of sp³-hybridized carbons (Fsp3) is 0.583. The van der Waals surface area contributed by atoms with Crippen LogP contribution in [-0.4, -0.2) is 17.8 Å². The predicted octanol–water partition coefficient (Wildman–Crippen LogP) is 1.11. The quantitative estimate of drug-likeness (QED) is 0.557. The van der Waals surface area contributed by atoms with Gasteiger partial charge in [-0.2, -0.15) is 0 Å². The van der Waals surface area contributed by atoms with E-state index in [4.69, 9.17) is 0 Å². The molecule has 17 heavy (non-hydrogen) atoms.